The Balaban J connectivity index is 3.55. The average Bonchev–Trinajstić information content (AvgIpc) is 2.92. The summed E-state index contributed by atoms with van der Waals surface area (Å²) in [6.45, 7) is 4.23. The summed E-state index contributed by atoms with van der Waals surface area (Å²) in [5.41, 5.74) is 0. The molecule has 0 fully saturated rings. The van der Waals surface area contributed by atoms with E-state index in [1.807, 2.05) is 6.08 Å². The van der Waals surface area contributed by atoms with Gasteiger partial charge in [-0.2, -0.15) is 0 Å². The number of carbonyl (C=O) groups is 1. The molecule has 0 saturated heterocycles. The van der Waals surface area contributed by atoms with E-state index < -0.39 is 12.1 Å². The third-order valence-corrected chi connectivity index (χ3v) is 7.43. The number of rotatable bonds is 29. The van der Waals surface area contributed by atoms with Crippen molar-refractivity contribution in [2.24, 2.45) is 0 Å². The van der Waals surface area contributed by atoms with Crippen LogP contribution in [-0.4, -0.2) is 34.9 Å². The maximum atomic E-state index is 12.2. The summed E-state index contributed by atoms with van der Waals surface area (Å²) >= 11 is 0. The zero-order valence-corrected chi connectivity index (χ0v) is 25.4. The molecule has 0 aromatic rings. The topological polar surface area (TPSA) is 69.6 Å². The molecule has 0 aliphatic heterocycles. The van der Waals surface area contributed by atoms with Gasteiger partial charge in [0.1, 0.15) is 0 Å². The lowest BCUT2D eigenvalue weighted by Crippen LogP contribution is -2.45. The summed E-state index contributed by atoms with van der Waals surface area (Å²) in [6.07, 6.45) is 36.9. The summed E-state index contributed by atoms with van der Waals surface area (Å²) < 4.78 is 0. The Bertz CT molecular complexity index is 546. The third-order valence-electron chi connectivity index (χ3n) is 7.43. The van der Waals surface area contributed by atoms with Gasteiger partial charge in [-0.3, -0.25) is 4.79 Å². The molecular formula is C34H65NO3. The Labute approximate surface area is 237 Å². The maximum absolute atomic E-state index is 12.2. The highest BCUT2D eigenvalue weighted by Crippen LogP contribution is 2.13. The van der Waals surface area contributed by atoms with Gasteiger partial charge in [0.2, 0.25) is 5.91 Å². The molecule has 0 rings (SSSR count). The lowest BCUT2D eigenvalue weighted by molar-refractivity contribution is -0.123. The van der Waals surface area contributed by atoms with Crippen molar-refractivity contribution in [1.29, 1.82) is 0 Å². The van der Waals surface area contributed by atoms with E-state index in [2.05, 4.69) is 31.3 Å². The normalized spacial score (nSPS) is 13.5. The zero-order valence-electron chi connectivity index (χ0n) is 25.4. The number of hydrogen-bond donors (Lipinski definition) is 3. The van der Waals surface area contributed by atoms with Crippen LogP contribution in [0.5, 0.6) is 0 Å². The molecule has 1 amide bonds. The fourth-order valence-electron chi connectivity index (χ4n) is 4.82. The number of allylic oxidation sites excluding steroid dienone is 3. The van der Waals surface area contributed by atoms with E-state index in [0.717, 1.165) is 25.7 Å². The molecule has 0 saturated carbocycles. The van der Waals surface area contributed by atoms with Crippen LogP contribution in [0.2, 0.25) is 0 Å². The first-order valence-corrected chi connectivity index (χ1v) is 16.6. The van der Waals surface area contributed by atoms with E-state index in [1.54, 1.807) is 6.08 Å². The molecule has 3 N–H and O–H groups in total. The van der Waals surface area contributed by atoms with Crippen molar-refractivity contribution in [1.82, 2.24) is 5.32 Å². The standard InChI is InChI=1S/C34H65NO3/c1-3-5-7-9-11-12-13-14-15-16-17-18-19-20-21-22-24-26-28-30-34(38)35-32(31-36)33(37)29-27-25-23-10-8-6-4-2/h14-15,27,29,32-33,36-37H,3-13,16-26,28,30-31H2,1-2H3,(H,35,38)/b15-14-,29-27+. The molecule has 0 aliphatic rings. The van der Waals surface area contributed by atoms with Crippen LogP contribution in [0, 0.1) is 0 Å². The molecule has 2 unspecified atom stereocenters. The number of unbranched alkanes of at least 4 members (excludes halogenated alkanes) is 20. The summed E-state index contributed by atoms with van der Waals surface area (Å²) in [5, 5.41) is 22.6. The molecule has 0 aromatic carbocycles. The Kier molecular flexibility index (Phi) is 29.5. The number of amides is 1. The highest BCUT2D eigenvalue weighted by Gasteiger charge is 2.17. The highest BCUT2D eigenvalue weighted by molar-refractivity contribution is 5.76. The van der Waals surface area contributed by atoms with Crippen molar-refractivity contribution >= 4 is 5.91 Å². The van der Waals surface area contributed by atoms with Crippen molar-refractivity contribution in [2.75, 3.05) is 6.61 Å². The van der Waals surface area contributed by atoms with Crippen LogP contribution in [-0.2, 0) is 4.79 Å². The average molecular weight is 536 g/mol. The smallest absolute Gasteiger partial charge is 0.220 e. The van der Waals surface area contributed by atoms with Gasteiger partial charge in [0, 0.05) is 6.42 Å². The largest absolute Gasteiger partial charge is 0.394 e. The summed E-state index contributed by atoms with van der Waals surface area (Å²) in [6, 6.07) is -0.616. The van der Waals surface area contributed by atoms with Gasteiger partial charge in [-0.15, -0.1) is 0 Å². The molecule has 0 bridgehead atoms. The van der Waals surface area contributed by atoms with Crippen molar-refractivity contribution in [3.8, 4) is 0 Å². The van der Waals surface area contributed by atoms with Crippen molar-refractivity contribution in [3.63, 3.8) is 0 Å². The van der Waals surface area contributed by atoms with Crippen LogP contribution in [0.4, 0.5) is 0 Å². The van der Waals surface area contributed by atoms with Gasteiger partial charge >= 0.3 is 0 Å². The molecule has 0 aromatic heterocycles. The van der Waals surface area contributed by atoms with E-state index in [-0.39, 0.29) is 12.5 Å². The minimum absolute atomic E-state index is 0.0721. The second-order valence-electron chi connectivity index (χ2n) is 11.2. The Morgan fingerprint density at radius 3 is 1.45 bits per heavy atom. The minimum Gasteiger partial charge on any atom is -0.394 e. The van der Waals surface area contributed by atoms with E-state index in [4.69, 9.17) is 0 Å². The monoisotopic (exact) mass is 535 g/mol. The van der Waals surface area contributed by atoms with Crippen LogP contribution in [0.1, 0.15) is 168 Å². The van der Waals surface area contributed by atoms with Crippen LogP contribution < -0.4 is 5.32 Å². The second-order valence-corrected chi connectivity index (χ2v) is 11.2. The first-order valence-electron chi connectivity index (χ1n) is 16.6. The molecule has 224 valence electrons. The molecule has 4 heteroatoms. The maximum Gasteiger partial charge on any atom is 0.220 e. The molecule has 4 nitrogen and oxygen atoms in total. The van der Waals surface area contributed by atoms with Crippen LogP contribution >= 0.6 is 0 Å². The SMILES string of the molecule is CCCCCCC/C=C/C(O)C(CO)NC(=O)CCCCCCCCCCC/C=C\CCCCCCCC. The summed E-state index contributed by atoms with van der Waals surface area (Å²) in [4.78, 5) is 12.2. The zero-order chi connectivity index (χ0) is 27.9. The Morgan fingerprint density at radius 1 is 0.605 bits per heavy atom. The summed E-state index contributed by atoms with van der Waals surface area (Å²) in [5.74, 6) is -0.0721. The number of aliphatic hydroxyl groups is 2. The van der Waals surface area contributed by atoms with Gasteiger partial charge in [0.05, 0.1) is 18.8 Å². The van der Waals surface area contributed by atoms with Gasteiger partial charge in [-0.25, -0.2) is 0 Å². The number of carbonyl (C=O) groups excluding carboxylic acids is 1. The van der Waals surface area contributed by atoms with Gasteiger partial charge < -0.3 is 15.5 Å². The summed E-state index contributed by atoms with van der Waals surface area (Å²) in [7, 11) is 0. The fourth-order valence-corrected chi connectivity index (χ4v) is 4.82. The first-order chi connectivity index (χ1) is 18.7. The van der Waals surface area contributed by atoms with Gasteiger partial charge in [0.15, 0.2) is 0 Å². The molecule has 38 heavy (non-hydrogen) atoms. The van der Waals surface area contributed by atoms with Crippen molar-refractivity contribution < 1.29 is 15.0 Å². The van der Waals surface area contributed by atoms with Crippen LogP contribution in [0.3, 0.4) is 0 Å². The molecule has 0 spiro atoms. The van der Waals surface area contributed by atoms with Gasteiger partial charge in [-0.05, 0) is 44.9 Å². The van der Waals surface area contributed by atoms with Crippen molar-refractivity contribution in [3.05, 3.63) is 24.3 Å². The van der Waals surface area contributed by atoms with Crippen LogP contribution in [0.25, 0.3) is 0 Å². The predicted octanol–water partition coefficient (Wildman–Crippen LogP) is 9.34. The molecular weight excluding hydrogens is 470 g/mol. The first kappa shape index (κ1) is 36.9. The van der Waals surface area contributed by atoms with E-state index in [9.17, 15) is 15.0 Å². The number of nitrogens with one attached hydrogen (secondary N) is 1. The quantitative estimate of drug-likeness (QED) is 0.0660. The van der Waals surface area contributed by atoms with E-state index in [0.29, 0.717) is 6.42 Å². The lowest BCUT2D eigenvalue weighted by Gasteiger charge is -2.20. The predicted molar refractivity (Wildman–Crippen MR) is 165 cm³/mol. The molecule has 0 aliphatic carbocycles. The van der Waals surface area contributed by atoms with Gasteiger partial charge in [0.25, 0.3) is 0 Å². The number of aliphatic hydroxyl groups excluding tert-OH is 2. The lowest BCUT2D eigenvalue weighted by atomic mass is 10.0. The van der Waals surface area contributed by atoms with Crippen molar-refractivity contribution in [2.45, 2.75) is 180 Å². The highest BCUT2D eigenvalue weighted by atomic mass is 16.3. The molecule has 2 atom stereocenters. The number of hydrogen-bond acceptors (Lipinski definition) is 3. The molecule has 0 radical (unpaired) electrons. The second kappa shape index (κ2) is 30.4. The Morgan fingerprint density at radius 2 is 1.00 bits per heavy atom. The molecule has 0 heterocycles. The minimum atomic E-state index is -0.833. The van der Waals surface area contributed by atoms with E-state index >= 15 is 0 Å². The van der Waals surface area contributed by atoms with Crippen LogP contribution in [0.15, 0.2) is 24.3 Å². The Hall–Kier alpha value is -1.13. The van der Waals surface area contributed by atoms with E-state index in [1.165, 1.54) is 122 Å². The van der Waals surface area contributed by atoms with Gasteiger partial charge in [-0.1, -0.05) is 141 Å². The third kappa shape index (κ3) is 26.5. The fraction of sp³-hybridized carbons (Fsp3) is 0.853.